The summed E-state index contributed by atoms with van der Waals surface area (Å²) in [7, 11) is 3.48. The van der Waals surface area contributed by atoms with E-state index in [4.69, 9.17) is 0 Å². The number of amides is 1. The van der Waals surface area contributed by atoms with Crippen LogP contribution in [0.5, 0.6) is 0 Å². The van der Waals surface area contributed by atoms with E-state index in [1.54, 1.807) is 37.6 Å². The van der Waals surface area contributed by atoms with Crippen LogP contribution in [0, 0.1) is 0 Å². The Kier molecular flexibility index (Phi) is 1.96. The molecule has 2 aromatic rings. The Morgan fingerprint density at radius 1 is 1.50 bits per heavy atom. The number of fused-ring (bicyclic) bond motifs is 1. The van der Waals surface area contributed by atoms with E-state index in [1.165, 1.54) is 0 Å². The number of H-pyrrole nitrogens is 1. The molecule has 0 radical (unpaired) electrons. The molecule has 0 unspecified atom stereocenters. The molecule has 14 heavy (non-hydrogen) atoms. The van der Waals surface area contributed by atoms with Crippen molar-refractivity contribution in [1.29, 1.82) is 0 Å². The second-order valence-corrected chi connectivity index (χ2v) is 3.32. The molecule has 4 heteroatoms. The minimum atomic E-state index is 0.00227. The van der Waals surface area contributed by atoms with Crippen molar-refractivity contribution >= 4 is 16.8 Å². The van der Waals surface area contributed by atoms with Crippen LogP contribution in [0.15, 0.2) is 24.7 Å². The highest BCUT2D eigenvalue weighted by Crippen LogP contribution is 2.17. The molecule has 1 N–H and O–H groups in total. The van der Waals surface area contributed by atoms with Crippen LogP contribution >= 0.6 is 0 Å². The molecule has 2 aromatic heterocycles. The molecule has 0 bridgehead atoms. The predicted octanol–water partition coefficient (Wildman–Crippen LogP) is 1.26. The van der Waals surface area contributed by atoms with Gasteiger partial charge in [0, 0.05) is 31.9 Å². The Bertz CT molecular complexity index is 473. The van der Waals surface area contributed by atoms with Crippen LogP contribution in [0.2, 0.25) is 0 Å². The number of aromatic amines is 1. The molecule has 72 valence electrons. The van der Waals surface area contributed by atoms with E-state index < -0.39 is 0 Å². The average Bonchev–Trinajstić information content (AvgIpc) is 2.60. The quantitative estimate of drug-likeness (QED) is 0.734. The lowest BCUT2D eigenvalue weighted by molar-refractivity contribution is 0.0829. The Hall–Kier alpha value is -1.84. The van der Waals surface area contributed by atoms with Gasteiger partial charge < -0.3 is 9.88 Å². The first-order valence-corrected chi connectivity index (χ1v) is 4.33. The molecule has 0 saturated carbocycles. The van der Waals surface area contributed by atoms with Crippen molar-refractivity contribution in [2.75, 3.05) is 14.1 Å². The summed E-state index contributed by atoms with van der Waals surface area (Å²) in [6.45, 7) is 0. The van der Waals surface area contributed by atoms with Crippen molar-refractivity contribution in [3.05, 3.63) is 30.2 Å². The number of nitrogens with zero attached hydrogens (tertiary/aromatic N) is 2. The summed E-state index contributed by atoms with van der Waals surface area (Å²) in [5.74, 6) is 0.00227. The van der Waals surface area contributed by atoms with E-state index in [-0.39, 0.29) is 5.91 Å². The fourth-order valence-corrected chi connectivity index (χ4v) is 1.39. The van der Waals surface area contributed by atoms with Crippen LogP contribution in [0.25, 0.3) is 10.9 Å². The highest BCUT2D eigenvalue weighted by Gasteiger charge is 2.12. The molecule has 4 nitrogen and oxygen atoms in total. The van der Waals surface area contributed by atoms with Crippen molar-refractivity contribution in [2.45, 2.75) is 0 Å². The van der Waals surface area contributed by atoms with Crippen molar-refractivity contribution in [3.63, 3.8) is 0 Å². The predicted molar refractivity (Wildman–Crippen MR) is 54.1 cm³/mol. The molecular formula is C10H11N3O. The van der Waals surface area contributed by atoms with E-state index in [9.17, 15) is 4.79 Å². The van der Waals surface area contributed by atoms with Crippen LogP contribution in [-0.4, -0.2) is 34.9 Å². The largest absolute Gasteiger partial charge is 0.359 e. The first-order chi connectivity index (χ1) is 6.70. The molecule has 0 aromatic carbocycles. The molecule has 0 saturated heterocycles. The summed E-state index contributed by atoms with van der Waals surface area (Å²) in [4.78, 5) is 20.3. The minimum absolute atomic E-state index is 0.00227. The summed E-state index contributed by atoms with van der Waals surface area (Å²) >= 11 is 0. The summed E-state index contributed by atoms with van der Waals surface area (Å²) < 4.78 is 0. The maximum absolute atomic E-state index is 11.7. The number of rotatable bonds is 1. The third-order valence-electron chi connectivity index (χ3n) is 2.12. The lowest BCUT2D eigenvalue weighted by Crippen LogP contribution is -2.21. The normalized spacial score (nSPS) is 10.4. The number of carbonyl (C=O) groups excluding carboxylic acids is 1. The summed E-state index contributed by atoms with van der Waals surface area (Å²) in [6, 6.07) is 1.84. The number of hydrogen-bond donors (Lipinski definition) is 1. The maximum Gasteiger partial charge on any atom is 0.255 e. The second kappa shape index (κ2) is 3.14. The Morgan fingerprint density at radius 3 is 3.00 bits per heavy atom. The van der Waals surface area contributed by atoms with Gasteiger partial charge in [0.1, 0.15) is 0 Å². The number of carbonyl (C=O) groups is 1. The van der Waals surface area contributed by atoms with Gasteiger partial charge in [-0.2, -0.15) is 0 Å². The number of nitrogens with one attached hydrogen (secondary N) is 1. The van der Waals surface area contributed by atoms with E-state index in [1.807, 2.05) is 6.07 Å². The van der Waals surface area contributed by atoms with Crippen LogP contribution in [0.3, 0.4) is 0 Å². The Balaban J connectivity index is 2.58. The monoisotopic (exact) mass is 189 g/mol. The topological polar surface area (TPSA) is 49.0 Å². The zero-order chi connectivity index (χ0) is 10.1. The summed E-state index contributed by atoms with van der Waals surface area (Å²) in [6.07, 6.45) is 5.11. The Morgan fingerprint density at radius 2 is 2.29 bits per heavy atom. The first kappa shape index (κ1) is 8.74. The lowest BCUT2D eigenvalue weighted by Gasteiger charge is -2.08. The number of aromatic nitrogens is 2. The molecule has 0 atom stereocenters. The van der Waals surface area contributed by atoms with Crippen LogP contribution in [0.4, 0.5) is 0 Å². The van der Waals surface area contributed by atoms with Gasteiger partial charge in [-0.3, -0.25) is 9.78 Å². The zero-order valence-electron chi connectivity index (χ0n) is 8.11. The molecular weight excluding hydrogens is 178 g/mol. The number of hydrogen-bond acceptors (Lipinski definition) is 2. The maximum atomic E-state index is 11.7. The van der Waals surface area contributed by atoms with E-state index >= 15 is 0 Å². The number of pyridine rings is 1. The van der Waals surface area contributed by atoms with Crippen LogP contribution in [-0.2, 0) is 0 Å². The molecule has 0 fully saturated rings. The van der Waals surface area contributed by atoms with Gasteiger partial charge in [-0.15, -0.1) is 0 Å². The van der Waals surface area contributed by atoms with Gasteiger partial charge in [0.05, 0.1) is 17.3 Å². The van der Waals surface area contributed by atoms with Crippen LogP contribution in [0.1, 0.15) is 10.4 Å². The lowest BCUT2D eigenvalue weighted by atomic mass is 10.2. The van der Waals surface area contributed by atoms with Crippen molar-refractivity contribution < 1.29 is 4.79 Å². The highest BCUT2D eigenvalue weighted by atomic mass is 16.2. The van der Waals surface area contributed by atoms with Crippen molar-refractivity contribution in [2.24, 2.45) is 0 Å². The van der Waals surface area contributed by atoms with Crippen molar-refractivity contribution in [3.8, 4) is 0 Å². The SMILES string of the molecule is CN(C)C(=O)c1c[nH]c2cnccc12. The third kappa shape index (κ3) is 1.25. The van der Waals surface area contributed by atoms with Gasteiger partial charge in [-0.25, -0.2) is 0 Å². The molecule has 2 rings (SSSR count). The van der Waals surface area contributed by atoms with Gasteiger partial charge in [0.2, 0.25) is 0 Å². The zero-order valence-corrected chi connectivity index (χ0v) is 8.11. The summed E-state index contributed by atoms with van der Waals surface area (Å²) in [5, 5.41) is 0.915. The van der Waals surface area contributed by atoms with E-state index in [0.29, 0.717) is 5.56 Å². The molecule has 0 spiro atoms. The molecule has 0 aliphatic rings. The van der Waals surface area contributed by atoms with Gasteiger partial charge in [0.25, 0.3) is 5.91 Å². The van der Waals surface area contributed by atoms with Gasteiger partial charge >= 0.3 is 0 Å². The first-order valence-electron chi connectivity index (χ1n) is 4.33. The van der Waals surface area contributed by atoms with Gasteiger partial charge in [-0.1, -0.05) is 0 Å². The van der Waals surface area contributed by atoms with Crippen molar-refractivity contribution in [1.82, 2.24) is 14.9 Å². The smallest absolute Gasteiger partial charge is 0.255 e. The highest BCUT2D eigenvalue weighted by molar-refractivity contribution is 6.06. The third-order valence-corrected chi connectivity index (χ3v) is 2.12. The second-order valence-electron chi connectivity index (χ2n) is 3.32. The summed E-state index contributed by atoms with van der Waals surface area (Å²) in [5.41, 5.74) is 1.57. The molecule has 1 amide bonds. The van der Waals surface area contributed by atoms with Crippen LogP contribution < -0.4 is 0 Å². The standard InChI is InChI=1S/C10H11N3O/c1-13(2)10(14)8-5-12-9-6-11-4-3-7(8)9/h3-6,12H,1-2H3. The minimum Gasteiger partial charge on any atom is -0.359 e. The average molecular weight is 189 g/mol. The van der Waals surface area contributed by atoms with E-state index in [0.717, 1.165) is 10.9 Å². The fraction of sp³-hybridized carbons (Fsp3) is 0.200. The van der Waals surface area contributed by atoms with Gasteiger partial charge in [0.15, 0.2) is 0 Å². The van der Waals surface area contributed by atoms with E-state index in [2.05, 4.69) is 9.97 Å². The Labute approximate surface area is 81.6 Å². The molecule has 0 aliphatic carbocycles. The molecule has 0 aliphatic heterocycles. The molecule has 2 heterocycles. The van der Waals surface area contributed by atoms with Gasteiger partial charge in [-0.05, 0) is 6.07 Å². The fourth-order valence-electron chi connectivity index (χ4n) is 1.39.